The van der Waals surface area contributed by atoms with Crippen molar-refractivity contribution < 1.29 is 9.47 Å². The summed E-state index contributed by atoms with van der Waals surface area (Å²) in [5, 5.41) is 0. The van der Waals surface area contributed by atoms with Gasteiger partial charge >= 0.3 is 0 Å². The lowest BCUT2D eigenvalue weighted by atomic mass is 9.75. The summed E-state index contributed by atoms with van der Waals surface area (Å²) in [5.41, 5.74) is 4.78. The van der Waals surface area contributed by atoms with Crippen molar-refractivity contribution in [3.8, 4) is 11.5 Å². The predicted molar refractivity (Wildman–Crippen MR) is 150 cm³/mol. The number of hydrogen-bond donors (Lipinski definition) is 0. The van der Waals surface area contributed by atoms with E-state index in [0.717, 1.165) is 30.8 Å². The van der Waals surface area contributed by atoms with E-state index in [0.29, 0.717) is 18.6 Å². The Hall–Kier alpha value is -2.22. The van der Waals surface area contributed by atoms with Gasteiger partial charge in [-0.1, -0.05) is 68.7 Å². The SMILES string of the molecule is C/C=C\COc1ccc(OC/C=C(\C)C(C)(C)CC/C=C(\C)C(C)(CC)CCC=C(C)C)cc1. The fourth-order valence-corrected chi connectivity index (χ4v) is 3.84. The van der Waals surface area contributed by atoms with E-state index in [2.05, 4.69) is 73.6 Å². The summed E-state index contributed by atoms with van der Waals surface area (Å²) >= 11 is 0. The molecule has 0 amide bonds. The van der Waals surface area contributed by atoms with E-state index >= 15 is 0 Å². The van der Waals surface area contributed by atoms with E-state index in [4.69, 9.17) is 9.47 Å². The van der Waals surface area contributed by atoms with Crippen molar-refractivity contribution in [3.63, 3.8) is 0 Å². The molecular weight excluding hydrogens is 416 g/mol. The number of rotatable bonds is 15. The topological polar surface area (TPSA) is 18.5 Å². The lowest BCUT2D eigenvalue weighted by Crippen LogP contribution is -2.17. The van der Waals surface area contributed by atoms with Gasteiger partial charge in [0, 0.05) is 0 Å². The van der Waals surface area contributed by atoms with Gasteiger partial charge in [0.25, 0.3) is 0 Å². The van der Waals surface area contributed by atoms with Gasteiger partial charge in [-0.05, 0) is 108 Å². The van der Waals surface area contributed by atoms with Crippen LogP contribution >= 0.6 is 0 Å². The second-order valence-electron chi connectivity index (χ2n) is 10.6. The molecule has 0 spiro atoms. The highest BCUT2D eigenvalue weighted by Crippen LogP contribution is 2.37. The van der Waals surface area contributed by atoms with Crippen LogP contribution in [-0.2, 0) is 0 Å². The largest absolute Gasteiger partial charge is 0.490 e. The molecule has 0 saturated carbocycles. The second kappa shape index (κ2) is 14.9. The minimum atomic E-state index is 0.148. The summed E-state index contributed by atoms with van der Waals surface area (Å²) in [6.45, 7) is 21.5. The molecule has 0 N–H and O–H groups in total. The molecule has 1 unspecified atom stereocenters. The zero-order valence-electron chi connectivity index (χ0n) is 23.5. The first-order valence-corrected chi connectivity index (χ1v) is 13.0. The molecule has 0 aromatic heterocycles. The number of ether oxygens (including phenoxy) is 2. The lowest BCUT2D eigenvalue weighted by molar-refractivity contribution is 0.344. The summed E-state index contributed by atoms with van der Waals surface area (Å²) in [4.78, 5) is 0. The van der Waals surface area contributed by atoms with E-state index in [1.54, 1.807) is 0 Å². The van der Waals surface area contributed by atoms with Gasteiger partial charge in [-0.2, -0.15) is 0 Å². The minimum Gasteiger partial charge on any atom is -0.490 e. The highest BCUT2D eigenvalue weighted by molar-refractivity contribution is 5.31. The summed E-state index contributed by atoms with van der Waals surface area (Å²) in [6.07, 6.45) is 16.9. The molecule has 0 bridgehead atoms. The first-order chi connectivity index (χ1) is 16.0. The molecule has 0 fully saturated rings. The van der Waals surface area contributed by atoms with Crippen LogP contribution in [0.2, 0.25) is 0 Å². The Morgan fingerprint density at radius 2 is 1.32 bits per heavy atom. The molecular formula is C32H50O2. The first kappa shape index (κ1) is 29.8. The number of hydrogen-bond acceptors (Lipinski definition) is 2. The average molecular weight is 467 g/mol. The summed E-state index contributed by atoms with van der Waals surface area (Å²) in [5.74, 6) is 1.73. The summed E-state index contributed by atoms with van der Waals surface area (Å²) in [6, 6.07) is 7.85. The van der Waals surface area contributed by atoms with Gasteiger partial charge in [0.15, 0.2) is 0 Å². The Kier molecular flexibility index (Phi) is 13.1. The standard InChI is InChI=1S/C32H50O2/c1-10-12-24-33-29-17-19-30(20-18-29)34-25-21-27(5)31(7,8)22-14-16-28(6)32(9,11-2)23-13-15-26(3)4/h10,12,15-21H,11,13-14,22-25H2,1-9H3/b12-10-,27-21+,28-16+. The van der Waals surface area contributed by atoms with Crippen LogP contribution in [0.25, 0.3) is 0 Å². The summed E-state index contributed by atoms with van der Waals surface area (Å²) < 4.78 is 11.6. The van der Waals surface area contributed by atoms with Gasteiger partial charge < -0.3 is 9.47 Å². The highest BCUT2D eigenvalue weighted by atomic mass is 16.5. The van der Waals surface area contributed by atoms with Gasteiger partial charge in [-0.15, -0.1) is 0 Å². The fourth-order valence-electron chi connectivity index (χ4n) is 3.84. The molecule has 2 heteroatoms. The maximum atomic E-state index is 5.95. The lowest BCUT2D eigenvalue weighted by Gasteiger charge is -2.30. The minimum absolute atomic E-state index is 0.148. The first-order valence-electron chi connectivity index (χ1n) is 13.0. The second-order valence-corrected chi connectivity index (χ2v) is 10.6. The Balaban J connectivity index is 2.59. The monoisotopic (exact) mass is 466 g/mol. The molecule has 34 heavy (non-hydrogen) atoms. The van der Waals surface area contributed by atoms with Crippen molar-refractivity contribution in [2.75, 3.05) is 13.2 Å². The fraction of sp³-hybridized carbons (Fsp3) is 0.562. The molecule has 0 aliphatic rings. The third-order valence-electron chi connectivity index (χ3n) is 7.31. The van der Waals surface area contributed by atoms with Crippen molar-refractivity contribution in [2.24, 2.45) is 10.8 Å². The van der Waals surface area contributed by atoms with E-state index in [9.17, 15) is 0 Å². The average Bonchev–Trinajstić information content (AvgIpc) is 2.79. The van der Waals surface area contributed by atoms with Gasteiger partial charge in [0.1, 0.15) is 24.7 Å². The van der Waals surface area contributed by atoms with Crippen molar-refractivity contribution in [1.82, 2.24) is 0 Å². The quantitative estimate of drug-likeness (QED) is 0.239. The van der Waals surface area contributed by atoms with Crippen LogP contribution in [0.4, 0.5) is 0 Å². The zero-order chi connectivity index (χ0) is 25.6. The maximum absolute atomic E-state index is 5.95. The predicted octanol–water partition coefficient (Wildman–Crippen LogP) is 9.88. The number of allylic oxidation sites excluding steroid dienone is 6. The molecule has 0 radical (unpaired) electrons. The highest BCUT2D eigenvalue weighted by Gasteiger charge is 2.24. The van der Waals surface area contributed by atoms with Gasteiger partial charge in [0.2, 0.25) is 0 Å². The molecule has 190 valence electrons. The molecule has 1 aromatic rings. The van der Waals surface area contributed by atoms with Crippen LogP contribution in [0.15, 0.2) is 71.4 Å². The molecule has 0 aliphatic heterocycles. The Morgan fingerprint density at radius 3 is 1.85 bits per heavy atom. The molecule has 2 nitrogen and oxygen atoms in total. The zero-order valence-corrected chi connectivity index (χ0v) is 23.5. The Labute approximate surface area is 210 Å². The molecule has 1 aromatic carbocycles. The molecule has 0 saturated heterocycles. The van der Waals surface area contributed by atoms with Crippen LogP contribution in [-0.4, -0.2) is 13.2 Å². The van der Waals surface area contributed by atoms with E-state index in [1.165, 1.54) is 29.6 Å². The maximum Gasteiger partial charge on any atom is 0.120 e. The third-order valence-corrected chi connectivity index (χ3v) is 7.31. The van der Waals surface area contributed by atoms with Crippen LogP contribution in [0.5, 0.6) is 11.5 Å². The van der Waals surface area contributed by atoms with Crippen molar-refractivity contribution >= 4 is 0 Å². The number of benzene rings is 1. The Bertz CT molecular complexity index is 832. The van der Waals surface area contributed by atoms with Crippen LogP contribution < -0.4 is 9.47 Å². The van der Waals surface area contributed by atoms with Crippen LogP contribution in [0.1, 0.15) is 94.4 Å². The molecule has 1 rings (SSSR count). The third kappa shape index (κ3) is 10.8. The Morgan fingerprint density at radius 1 is 0.765 bits per heavy atom. The smallest absolute Gasteiger partial charge is 0.120 e. The van der Waals surface area contributed by atoms with E-state index < -0.39 is 0 Å². The molecule has 0 heterocycles. The van der Waals surface area contributed by atoms with Gasteiger partial charge in [0.05, 0.1) is 0 Å². The summed E-state index contributed by atoms with van der Waals surface area (Å²) in [7, 11) is 0. The van der Waals surface area contributed by atoms with E-state index in [1.807, 2.05) is 43.3 Å². The van der Waals surface area contributed by atoms with Gasteiger partial charge in [-0.3, -0.25) is 0 Å². The van der Waals surface area contributed by atoms with Gasteiger partial charge in [-0.25, -0.2) is 0 Å². The molecule has 0 aliphatic carbocycles. The van der Waals surface area contributed by atoms with Crippen molar-refractivity contribution in [3.05, 3.63) is 71.4 Å². The van der Waals surface area contributed by atoms with Crippen molar-refractivity contribution in [1.29, 1.82) is 0 Å². The normalized spacial score (nSPS) is 14.7. The van der Waals surface area contributed by atoms with Crippen molar-refractivity contribution in [2.45, 2.75) is 94.4 Å². The van der Waals surface area contributed by atoms with Crippen LogP contribution in [0.3, 0.4) is 0 Å². The van der Waals surface area contributed by atoms with E-state index in [-0.39, 0.29) is 5.41 Å². The van der Waals surface area contributed by atoms with Crippen LogP contribution in [0, 0.1) is 10.8 Å². The molecule has 1 atom stereocenters.